The Bertz CT molecular complexity index is 1060. The van der Waals surface area contributed by atoms with Gasteiger partial charge >= 0.3 is 0 Å². The van der Waals surface area contributed by atoms with Crippen molar-refractivity contribution < 1.29 is 13.2 Å². The number of nitrogens with zero attached hydrogens (tertiary/aromatic N) is 1. The molecule has 5 atom stereocenters. The Morgan fingerprint density at radius 2 is 1.88 bits per heavy atom. The number of benzene rings is 1. The first kappa shape index (κ1) is 25.4. The number of sulfone groups is 1. The maximum Gasteiger partial charge on any atom is 0.175 e. The predicted octanol–water partition coefficient (Wildman–Crippen LogP) is 6.51. The molecule has 4 nitrogen and oxygen atoms in total. The molecule has 0 radical (unpaired) electrons. The van der Waals surface area contributed by atoms with Crippen LogP contribution in [0.2, 0.25) is 0 Å². The van der Waals surface area contributed by atoms with Gasteiger partial charge in [-0.1, -0.05) is 44.9 Å². The molecule has 4 rings (SSSR count). The summed E-state index contributed by atoms with van der Waals surface area (Å²) in [6.07, 6.45) is 12.3. The van der Waals surface area contributed by atoms with E-state index in [2.05, 4.69) is 26.8 Å². The summed E-state index contributed by atoms with van der Waals surface area (Å²) in [5.41, 5.74) is 5.06. The van der Waals surface area contributed by atoms with Crippen LogP contribution < -0.4 is 0 Å². The van der Waals surface area contributed by atoms with Gasteiger partial charge in [-0.15, -0.1) is 0 Å². The molecule has 5 heteroatoms. The third-order valence-corrected chi connectivity index (χ3v) is 9.38. The van der Waals surface area contributed by atoms with E-state index < -0.39 is 9.84 Å². The predicted molar refractivity (Wildman–Crippen MR) is 138 cm³/mol. The molecule has 0 amide bonds. The summed E-state index contributed by atoms with van der Waals surface area (Å²) >= 11 is 0. The Hall–Kier alpha value is -1.72. The number of pyridine rings is 1. The van der Waals surface area contributed by atoms with Crippen molar-refractivity contribution in [3.8, 4) is 0 Å². The zero-order chi connectivity index (χ0) is 24.3. The molecule has 1 heterocycles. The second-order valence-electron chi connectivity index (χ2n) is 10.8. The molecular formula is C29H41NO3S. The summed E-state index contributed by atoms with van der Waals surface area (Å²) in [7, 11) is -3.14. The van der Waals surface area contributed by atoms with Crippen LogP contribution >= 0.6 is 0 Å². The van der Waals surface area contributed by atoms with Crippen LogP contribution in [0.1, 0.15) is 80.7 Å². The molecule has 1 aromatic carbocycles. The minimum absolute atomic E-state index is 0.364. The van der Waals surface area contributed by atoms with Gasteiger partial charge in [0.05, 0.1) is 18.1 Å². The third kappa shape index (κ3) is 6.28. The van der Waals surface area contributed by atoms with E-state index in [1.165, 1.54) is 61.6 Å². The number of hydrogen-bond donors (Lipinski definition) is 0. The highest BCUT2D eigenvalue weighted by molar-refractivity contribution is 7.90. The van der Waals surface area contributed by atoms with Crippen molar-refractivity contribution in [2.45, 2.75) is 83.1 Å². The highest BCUT2D eigenvalue weighted by Crippen LogP contribution is 2.50. The molecule has 2 aromatic rings. The van der Waals surface area contributed by atoms with Crippen molar-refractivity contribution in [3.05, 3.63) is 58.9 Å². The van der Waals surface area contributed by atoms with Crippen molar-refractivity contribution in [1.82, 2.24) is 4.98 Å². The lowest BCUT2D eigenvalue weighted by Gasteiger charge is -2.24. The van der Waals surface area contributed by atoms with Crippen LogP contribution in [0.15, 0.2) is 41.4 Å². The highest BCUT2D eigenvalue weighted by atomic mass is 32.2. The largest absolute Gasteiger partial charge is 0.376 e. The summed E-state index contributed by atoms with van der Waals surface area (Å²) < 4.78 is 29.2. The Balaban J connectivity index is 1.23. The van der Waals surface area contributed by atoms with Crippen molar-refractivity contribution in [1.29, 1.82) is 0 Å². The first-order valence-electron chi connectivity index (χ1n) is 13.1. The zero-order valence-electron chi connectivity index (χ0n) is 21.3. The van der Waals surface area contributed by atoms with Crippen LogP contribution in [0.3, 0.4) is 0 Å². The molecule has 2 fully saturated rings. The normalized spacial score (nSPS) is 26.1. The molecule has 0 spiro atoms. The lowest BCUT2D eigenvalue weighted by molar-refractivity contribution is 0.104. The zero-order valence-corrected chi connectivity index (χ0v) is 22.1. The van der Waals surface area contributed by atoms with Gasteiger partial charge in [-0.25, -0.2) is 8.42 Å². The van der Waals surface area contributed by atoms with Crippen LogP contribution in [0.4, 0.5) is 0 Å². The molecule has 0 bridgehead atoms. The van der Waals surface area contributed by atoms with E-state index in [4.69, 9.17) is 9.72 Å². The molecule has 1 aromatic heterocycles. The van der Waals surface area contributed by atoms with Crippen LogP contribution in [0.5, 0.6) is 0 Å². The summed E-state index contributed by atoms with van der Waals surface area (Å²) in [6.45, 7) is 8.16. The Morgan fingerprint density at radius 3 is 2.59 bits per heavy atom. The SMILES string of the molecule is CCc1cc(C)cnc1C(C)C1CCCC(C2CC2COCc2ccc(S(C)(=O)=O)cc2)CC1. The Morgan fingerprint density at radius 1 is 1.12 bits per heavy atom. The summed E-state index contributed by atoms with van der Waals surface area (Å²) in [5.74, 6) is 3.65. The lowest BCUT2D eigenvalue weighted by Crippen LogP contribution is -2.14. The fourth-order valence-corrected chi connectivity index (χ4v) is 6.68. The minimum atomic E-state index is -3.14. The van der Waals surface area contributed by atoms with E-state index in [1.54, 1.807) is 12.1 Å². The molecule has 34 heavy (non-hydrogen) atoms. The first-order valence-corrected chi connectivity index (χ1v) is 15.0. The average molecular weight is 484 g/mol. The summed E-state index contributed by atoms with van der Waals surface area (Å²) in [4.78, 5) is 5.23. The van der Waals surface area contributed by atoms with Gasteiger partial charge in [0.25, 0.3) is 0 Å². The van der Waals surface area contributed by atoms with Gasteiger partial charge in [0, 0.05) is 24.1 Å². The maximum absolute atomic E-state index is 11.6. The third-order valence-electron chi connectivity index (χ3n) is 8.25. The fraction of sp³-hybridized carbons (Fsp3) is 0.621. The second kappa shape index (κ2) is 10.9. The van der Waals surface area contributed by atoms with Crippen molar-refractivity contribution in [3.63, 3.8) is 0 Å². The van der Waals surface area contributed by atoms with Crippen LogP contribution in [0.25, 0.3) is 0 Å². The van der Waals surface area contributed by atoms with Crippen LogP contribution in [-0.4, -0.2) is 26.3 Å². The first-order chi connectivity index (χ1) is 16.3. The fourth-order valence-electron chi connectivity index (χ4n) is 6.04. The molecule has 0 aliphatic heterocycles. The molecule has 0 N–H and O–H groups in total. The summed E-state index contributed by atoms with van der Waals surface area (Å²) in [5, 5.41) is 0. The highest BCUT2D eigenvalue weighted by Gasteiger charge is 2.43. The number of ether oxygens (including phenoxy) is 1. The number of rotatable bonds is 9. The van der Waals surface area contributed by atoms with E-state index in [1.807, 2.05) is 18.3 Å². The van der Waals surface area contributed by atoms with Crippen LogP contribution in [0, 0.1) is 30.6 Å². The molecule has 5 unspecified atom stereocenters. The standard InChI is InChI=1S/C29H41NO3S/c1-5-23-15-20(2)17-30-29(23)21(3)24-7-6-8-25(12-11-24)28-16-26(28)19-33-18-22-9-13-27(14-10-22)34(4,31)32/h9-10,13-15,17,21,24-26,28H,5-8,11-12,16,18-19H2,1-4H3. The molecule has 186 valence electrons. The lowest BCUT2D eigenvalue weighted by atomic mass is 9.82. The van der Waals surface area contributed by atoms with Crippen molar-refractivity contribution in [2.75, 3.05) is 12.9 Å². The van der Waals surface area contributed by atoms with Crippen molar-refractivity contribution >= 4 is 9.84 Å². The topological polar surface area (TPSA) is 56.3 Å². The maximum atomic E-state index is 11.6. The number of aromatic nitrogens is 1. The van der Waals surface area contributed by atoms with Gasteiger partial charge in [-0.3, -0.25) is 4.98 Å². The molecule has 2 aliphatic carbocycles. The van der Waals surface area contributed by atoms with Gasteiger partial charge in [-0.2, -0.15) is 0 Å². The minimum Gasteiger partial charge on any atom is -0.376 e. The average Bonchev–Trinajstić information content (AvgIpc) is 3.61. The quantitative estimate of drug-likeness (QED) is 0.382. The molecule has 2 saturated carbocycles. The Kier molecular flexibility index (Phi) is 8.14. The van der Waals surface area contributed by atoms with Gasteiger partial charge in [0.2, 0.25) is 0 Å². The molecular weight excluding hydrogens is 442 g/mol. The van der Waals surface area contributed by atoms with E-state index in [-0.39, 0.29) is 0 Å². The Labute approximate surface area is 206 Å². The van der Waals surface area contributed by atoms with E-state index >= 15 is 0 Å². The number of hydrogen-bond acceptors (Lipinski definition) is 4. The van der Waals surface area contributed by atoms with Crippen LogP contribution in [-0.2, 0) is 27.6 Å². The smallest absolute Gasteiger partial charge is 0.175 e. The van der Waals surface area contributed by atoms with E-state index in [0.717, 1.165) is 36.3 Å². The van der Waals surface area contributed by atoms with E-state index in [0.29, 0.717) is 23.3 Å². The van der Waals surface area contributed by atoms with Gasteiger partial charge in [0.15, 0.2) is 9.84 Å². The monoisotopic (exact) mass is 483 g/mol. The second-order valence-corrected chi connectivity index (χ2v) is 12.8. The number of aryl methyl sites for hydroxylation is 2. The van der Waals surface area contributed by atoms with Crippen molar-refractivity contribution in [2.24, 2.45) is 23.7 Å². The van der Waals surface area contributed by atoms with Gasteiger partial charge in [0.1, 0.15) is 0 Å². The van der Waals surface area contributed by atoms with E-state index in [9.17, 15) is 8.42 Å². The van der Waals surface area contributed by atoms with Gasteiger partial charge in [-0.05, 0) is 91.5 Å². The molecule has 0 saturated heterocycles. The molecule has 2 aliphatic rings. The summed E-state index contributed by atoms with van der Waals surface area (Å²) in [6, 6.07) is 9.40. The van der Waals surface area contributed by atoms with Gasteiger partial charge < -0.3 is 4.74 Å².